The highest BCUT2D eigenvalue weighted by Crippen LogP contribution is 2.24. The first-order valence-corrected chi connectivity index (χ1v) is 6.66. The van der Waals surface area contributed by atoms with Crippen LogP contribution in [0, 0.1) is 0 Å². The molecule has 1 aromatic carbocycles. The SMILES string of the molecule is CCC(C)c1ccc(NC2CCCC2)cc1. The lowest BCUT2D eigenvalue weighted by molar-refractivity contribution is 0.732. The Kier molecular flexibility index (Phi) is 3.87. The van der Waals surface area contributed by atoms with Gasteiger partial charge in [-0.25, -0.2) is 0 Å². The summed E-state index contributed by atoms with van der Waals surface area (Å²) in [7, 11) is 0. The van der Waals surface area contributed by atoms with Gasteiger partial charge in [-0.3, -0.25) is 0 Å². The molecule has 0 bridgehead atoms. The standard InChI is InChI=1S/C15H23N/c1-3-12(2)13-8-10-15(11-9-13)16-14-6-4-5-7-14/h8-12,14,16H,3-7H2,1-2H3. The van der Waals surface area contributed by atoms with Crippen molar-refractivity contribution < 1.29 is 0 Å². The summed E-state index contributed by atoms with van der Waals surface area (Å²) in [5.74, 6) is 0.681. The number of hydrogen-bond acceptors (Lipinski definition) is 1. The molecule has 1 N–H and O–H groups in total. The van der Waals surface area contributed by atoms with E-state index in [2.05, 4.69) is 43.4 Å². The van der Waals surface area contributed by atoms with Gasteiger partial charge in [0, 0.05) is 11.7 Å². The molecule has 16 heavy (non-hydrogen) atoms. The zero-order chi connectivity index (χ0) is 11.4. The summed E-state index contributed by atoms with van der Waals surface area (Å²) in [4.78, 5) is 0. The highest BCUT2D eigenvalue weighted by molar-refractivity contribution is 5.46. The monoisotopic (exact) mass is 217 g/mol. The molecule has 1 atom stereocenters. The summed E-state index contributed by atoms with van der Waals surface area (Å²) in [5.41, 5.74) is 2.75. The molecule has 1 heteroatoms. The number of anilines is 1. The fraction of sp³-hybridized carbons (Fsp3) is 0.600. The van der Waals surface area contributed by atoms with Crippen LogP contribution in [-0.4, -0.2) is 6.04 Å². The van der Waals surface area contributed by atoms with Crippen LogP contribution in [0.15, 0.2) is 24.3 Å². The Morgan fingerprint density at radius 3 is 2.38 bits per heavy atom. The van der Waals surface area contributed by atoms with Crippen molar-refractivity contribution in [2.45, 2.75) is 57.9 Å². The van der Waals surface area contributed by atoms with E-state index in [-0.39, 0.29) is 0 Å². The van der Waals surface area contributed by atoms with Crippen molar-refractivity contribution in [3.8, 4) is 0 Å². The maximum atomic E-state index is 3.62. The van der Waals surface area contributed by atoms with E-state index in [0.717, 1.165) is 6.04 Å². The number of nitrogens with one attached hydrogen (secondary N) is 1. The second kappa shape index (κ2) is 5.38. The molecule has 1 unspecified atom stereocenters. The fourth-order valence-corrected chi connectivity index (χ4v) is 2.45. The Morgan fingerprint density at radius 2 is 1.81 bits per heavy atom. The van der Waals surface area contributed by atoms with Gasteiger partial charge in [-0.2, -0.15) is 0 Å². The molecular formula is C15H23N. The zero-order valence-corrected chi connectivity index (χ0v) is 10.5. The lowest BCUT2D eigenvalue weighted by Gasteiger charge is -2.15. The average molecular weight is 217 g/mol. The summed E-state index contributed by atoms with van der Waals surface area (Å²) >= 11 is 0. The van der Waals surface area contributed by atoms with Crippen molar-refractivity contribution in [3.05, 3.63) is 29.8 Å². The zero-order valence-electron chi connectivity index (χ0n) is 10.5. The van der Waals surface area contributed by atoms with Gasteiger partial charge in [0.15, 0.2) is 0 Å². The van der Waals surface area contributed by atoms with Crippen LogP contribution < -0.4 is 5.32 Å². The van der Waals surface area contributed by atoms with Crippen molar-refractivity contribution in [1.29, 1.82) is 0 Å². The Balaban J connectivity index is 1.96. The normalized spacial score (nSPS) is 18.6. The van der Waals surface area contributed by atoms with E-state index in [0.29, 0.717) is 5.92 Å². The first kappa shape index (κ1) is 11.5. The molecule has 0 amide bonds. The van der Waals surface area contributed by atoms with Crippen LogP contribution in [0.3, 0.4) is 0 Å². The average Bonchev–Trinajstić information content (AvgIpc) is 2.82. The van der Waals surface area contributed by atoms with Crippen molar-refractivity contribution in [2.75, 3.05) is 5.32 Å². The minimum atomic E-state index is 0.681. The molecule has 0 aromatic heterocycles. The Bertz CT molecular complexity index is 309. The second-order valence-electron chi connectivity index (χ2n) is 5.06. The topological polar surface area (TPSA) is 12.0 Å². The molecule has 0 aliphatic heterocycles. The number of hydrogen-bond donors (Lipinski definition) is 1. The first-order chi connectivity index (χ1) is 7.79. The van der Waals surface area contributed by atoms with Crippen molar-refractivity contribution in [1.82, 2.24) is 0 Å². The highest BCUT2D eigenvalue weighted by atomic mass is 14.9. The van der Waals surface area contributed by atoms with E-state index >= 15 is 0 Å². The summed E-state index contributed by atoms with van der Waals surface area (Å²) in [6.07, 6.45) is 6.68. The Morgan fingerprint density at radius 1 is 1.19 bits per heavy atom. The smallest absolute Gasteiger partial charge is 0.0342 e. The van der Waals surface area contributed by atoms with Crippen LogP contribution >= 0.6 is 0 Å². The van der Waals surface area contributed by atoms with Gasteiger partial charge >= 0.3 is 0 Å². The fourth-order valence-electron chi connectivity index (χ4n) is 2.45. The summed E-state index contributed by atoms with van der Waals surface area (Å²) in [6.45, 7) is 4.54. The summed E-state index contributed by atoms with van der Waals surface area (Å²) < 4.78 is 0. The first-order valence-electron chi connectivity index (χ1n) is 6.66. The molecule has 2 rings (SSSR count). The van der Waals surface area contributed by atoms with E-state index in [1.165, 1.54) is 43.4 Å². The van der Waals surface area contributed by atoms with E-state index < -0.39 is 0 Å². The van der Waals surface area contributed by atoms with Crippen LogP contribution in [-0.2, 0) is 0 Å². The predicted octanol–water partition coefficient (Wildman–Crippen LogP) is 4.55. The van der Waals surface area contributed by atoms with Gasteiger partial charge in [0.1, 0.15) is 0 Å². The van der Waals surface area contributed by atoms with Crippen LogP contribution in [0.2, 0.25) is 0 Å². The maximum Gasteiger partial charge on any atom is 0.0342 e. The third kappa shape index (κ3) is 2.78. The molecule has 1 saturated carbocycles. The molecule has 1 aliphatic rings. The second-order valence-corrected chi connectivity index (χ2v) is 5.06. The van der Waals surface area contributed by atoms with E-state index in [9.17, 15) is 0 Å². The van der Waals surface area contributed by atoms with Crippen LogP contribution in [0.1, 0.15) is 57.4 Å². The molecule has 0 radical (unpaired) electrons. The van der Waals surface area contributed by atoms with Gasteiger partial charge in [0.25, 0.3) is 0 Å². The Hall–Kier alpha value is -0.980. The quantitative estimate of drug-likeness (QED) is 0.780. The van der Waals surface area contributed by atoms with Crippen LogP contribution in [0.25, 0.3) is 0 Å². The van der Waals surface area contributed by atoms with E-state index in [1.54, 1.807) is 0 Å². The van der Waals surface area contributed by atoms with Crippen LogP contribution in [0.5, 0.6) is 0 Å². The van der Waals surface area contributed by atoms with Crippen LogP contribution in [0.4, 0.5) is 5.69 Å². The van der Waals surface area contributed by atoms with Gasteiger partial charge < -0.3 is 5.32 Å². The third-order valence-electron chi connectivity index (χ3n) is 3.82. The molecular weight excluding hydrogens is 194 g/mol. The minimum absolute atomic E-state index is 0.681. The van der Waals surface area contributed by atoms with E-state index in [1.807, 2.05) is 0 Å². The summed E-state index contributed by atoms with van der Waals surface area (Å²) in [6, 6.07) is 9.73. The predicted molar refractivity (Wildman–Crippen MR) is 71.0 cm³/mol. The molecule has 1 nitrogen and oxygen atoms in total. The van der Waals surface area contributed by atoms with Crippen molar-refractivity contribution in [3.63, 3.8) is 0 Å². The largest absolute Gasteiger partial charge is 0.382 e. The molecule has 1 aliphatic carbocycles. The highest BCUT2D eigenvalue weighted by Gasteiger charge is 2.14. The van der Waals surface area contributed by atoms with Crippen molar-refractivity contribution in [2.24, 2.45) is 0 Å². The Labute approximate surface area is 99.3 Å². The number of benzene rings is 1. The minimum Gasteiger partial charge on any atom is -0.382 e. The van der Waals surface area contributed by atoms with Gasteiger partial charge in [-0.15, -0.1) is 0 Å². The maximum absolute atomic E-state index is 3.62. The lowest BCUT2D eigenvalue weighted by atomic mass is 9.98. The molecule has 1 aromatic rings. The van der Waals surface area contributed by atoms with Crippen molar-refractivity contribution >= 4 is 5.69 Å². The number of rotatable bonds is 4. The molecule has 0 heterocycles. The third-order valence-corrected chi connectivity index (χ3v) is 3.82. The van der Waals surface area contributed by atoms with Gasteiger partial charge in [-0.05, 0) is 42.9 Å². The lowest BCUT2D eigenvalue weighted by Crippen LogP contribution is -2.14. The molecule has 0 saturated heterocycles. The summed E-state index contributed by atoms with van der Waals surface area (Å²) in [5, 5.41) is 3.62. The van der Waals surface area contributed by atoms with Gasteiger partial charge in [-0.1, -0.05) is 38.8 Å². The molecule has 1 fully saturated rings. The van der Waals surface area contributed by atoms with Gasteiger partial charge in [0.2, 0.25) is 0 Å². The molecule has 0 spiro atoms. The van der Waals surface area contributed by atoms with E-state index in [4.69, 9.17) is 0 Å². The molecule has 88 valence electrons. The van der Waals surface area contributed by atoms with Gasteiger partial charge in [0.05, 0.1) is 0 Å².